The predicted molar refractivity (Wildman–Crippen MR) is 214 cm³/mol. The van der Waals surface area contributed by atoms with Crippen molar-refractivity contribution in [2.75, 3.05) is 0 Å². The summed E-state index contributed by atoms with van der Waals surface area (Å²) >= 11 is 0. The minimum atomic E-state index is -1.60. The maximum absolute atomic E-state index is 13.0. The molecule has 0 bridgehead atoms. The molecule has 7 aliphatic rings. The number of carbonyl (C=O) groups is 6. The lowest BCUT2D eigenvalue weighted by molar-refractivity contribution is -0.302. The molecule has 0 aromatic rings. The second-order valence-corrected chi connectivity index (χ2v) is 19.0. The third kappa shape index (κ3) is 9.24. The second-order valence-electron chi connectivity index (χ2n) is 19.0. The molecule has 2 atom stereocenters. The van der Waals surface area contributed by atoms with Crippen LogP contribution in [0.5, 0.6) is 0 Å². The van der Waals surface area contributed by atoms with Crippen molar-refractivity contribution in [2.45, 2.75) is 129 Å². The van der Waals surface area contributed by atoms with Crippen molar-refractivity contribution in [2.24, 2.45) is 22.7 Å². The van der Waals surface area contributed by atoms with Crippen molar-refractivity contribution in [3.8, 4) is 0 Å². The Balaban J connectivity index is 0.911. The Morgan fingerprint density at radius 3 is 1.06 bits per heavy atom. The van der Waals surface area contributed by atoms with Crippen LogP contribution >= 0.6 is 0 Å². The fraction of sp³-hybridized carbons (Fsp3) is 0.522. The van der Waals surface area contributed by atoms with Gasteiger partial charge in [-0.1, -0.05) is 78.0 Å². The van der Waals surface area contributed by atoms with E-state index < -0.39 is 70.9 Å². The SMILES string of the molecule is CC1CC(C)(C)CC2(C1)OC(=O)C(=C/C=C/C=C/C1=C(O)OC3(CCC4(CC3)OC(=O)C(/C=C/C=C/C=C3C(=O)OC5(CC(C)CC(C)(C)C5)OC3=O)=C(O)O4)OC1=O)C(=O)O2. The molecule has 4 aliphatic heterocycles. The van der Waals surface area contributed by atoms with Crippen molar-refractivity contribution < 1.29 is 76.9 Å². The van der Waals surface area contributed by atoms with E-state index in [0.29, 0.717) is 25.7 Å². The number of aliphatic hydroxyl groups excluding tert-OH is 2. The number of esters is 6. The summed E-state index contributed by atoms with van der Waals surface area (Å²) in [5.41, 5.74) is -1.51. The Kier molecular flexibility index (Phi) is 11.4. The van der Waals surface area contributed by atoms with E-state index in [0.717, 1.165) is 12.8 Å². The van der Waals surface area contributed by atoms with Gasteiger partial charge in [-0.2, -0.15) is 0 Å². The van der Waals surface area contributed by atoms with Crippen molar-refractivity contribution in [1.82, 2.24) is 0 Å². The van der Waals surface area contributed by atoms with Crippen molar-refractivity contribution in [1.29, 1.82) is 0 Å². The molecule has 5 fully saturated rings. The van der Waals surface area contributed by atoms with Gasteiger partial charge in [0.15, 0.2) is 0 Å². The zero-order valence-electron chi connectivity index (χ0n) is 35.6. The van der Waals surface area contributed by atoms with Gasteiger partial charge in [-0.3, -0.25) is 0 Å². The predicted octanol–water partition coefficient (Wildman–Crippen LogP) is 7.00. The van der Waals surface area contributed by atoms with Crippen LogP contribution in [0, 0.1) is 22.7 Å². The summed E-state index contributed by atoms with van der Waals surface area (Å²) in [5, 5.41) is 21.4. The van der Waals surface area contributed by atoms with Crippen LogP contribution in [-0.2, 0) is 66.7 Å². The van der Waals surface area contributed by atoms with Gasteiger partial charge in [0.05, 0.1) is 0 Å². The van der Waals surface area contributed by atoms with E-state index in [4.69, 9.17) is 37.9 Å². The third-order valence-electron chi connectivity index (χ3n) is 11.9. The van der Waals surface area contributed by atoms with Crippen LogP contribution < -0.4 is 0 Å². The summed E-state index contributed by atoms with van der Waals surface area (Å²) in [6.45, 7) is 12.2. The maximum atomic E-state index is 13.0. The molecule has 2 saturated heterocycles. The number of rotatable bonds is 6. The van der Waals surface area contributed by atoms with Gasteiger partial charge in [0, 0.05) is 51.4 Å². The molecule has 0 aromatic heterocycles. The van der Waals surface area contributed by atoms with E-state index in [1.54, 1.807) is 0 Å². The number of allylic oxidation sites excluding steroid dienone is 8. The van der Waals surface area contributed by atoms with Crippen molar-refractivity contribution in [3.05, 3.63) is 94.9 Å². The summed E-state index contributed by atoms with van der Waals surface area (Å²) in [4.78, 5) is 77.3. The molecule has 4 spiro atoms. The van der Waals surface area contributed by atoms with Gasteiger partial charge in [0.1, 0.15) is 22.3 Å². The highest BCUT2D eigenvalue weighted by Crippen LogP contribution is 2.50. The highest BCUT2D eigenvalue weighted by molar-refractivity contribution is 6.16. The van der Waals surface area contributed by atoms with Gasteiger partial charge in [0.25, 0.3) is 35.0 Å². The van der Waals surface area contributed by atoms with E-state index in [-0.39, 0.29) is 70.6 Å². The Hall–Kier alpha value is -6.06. The van der Waals surface area contributed by atoms with Gasteiger partial charge in [-0.05, 0) is 59.8 Å². The first-order valence-corrected chi connectivity index (χ1v) is 20.8. The van der Waals surface area contributed by atoms with Crippen LogP contribution in [0.4, 0.5) is 0 Å². The molecule has 16 nitrogen and oxygen atoms in total. The van der Waals surface area contributed by atoms with Gasteiger partial charge < -0.3 is 48.1 Å². The molecule has 62 heavy (non-hydrogen) atoms. The lowest BCUT2D eigenvalue weighted by Crippen LogP contribution is -2.53. The quantitative estimate of drug-likeness (QED) is 0.0903. The third-order valence-corrected chi connectivity index (χ3v) is 11.9. The zero-order valence-corrected chi connectivity index (χ0v) is 35.6. The smallest absolute Gasteiger partial charge is 0.348 e. The van der Waals surface area contributed by atoms with E-state index in [9.17, 15) is 39.0 Å². The molecule has 4 heterocycles. The summed E-state index contributed by atoms with van der Waals surface area (Å²) in [6.07, 6.45) is 16.4. The second kappa shape index (κ2) is 16.0. The summed E-state index contributed by atoms with van der Waals surface area (Å²) in [7, 11) is 0. The Morgan fingerprint density at radius 2 is 0.758 bits per heavy atom. The lowest BCUT2D eigenvalue weighted by atomic mass is 9.69. The average Bonchev–Trinajstić information content (AvgIpc) is 3.11. The minimum Gasteiger partial charge on any atom is -0.480 e. The zero-order chi connectivity index (χ0) is 44.9. The molecular weight excluding hydrogens is 808 g/mol. The van der Waals surface area contributed by atoms with Crippen LogP contribution in [0.2, 0.25) is 0 Å². The summed E-state index contributed by atoms with van der Waals surface area (Å²) < 4.78 is 45.2. The number of hydrogen-bond donors (Lipinski definition) is 2. The molecule has 2 unspecified atom stereocenters. The normalized spacial score (nSPS) is 31.6. The Labute approximate surface area is 358 Å². The largest absolute Gasteiger partial charge is 0.480 e. The van der Waals surface area contributed by atoms with Crippen LogP contribution in [0.15, 0.2) is 94.9 Å². The molecule has 3 aliphatic carbocycles. The molecule has 0 radical (unpaired) electrons. The Bertz CT molecular complexity index is 2000. The number of aliphatic hydroxyl groups is 2. The molecule has 332 valence electrons. The van der Waals surface area contributed by atoms with Gasteiger partial charge in [-0.15, -0.1) is 0 Å². The standard InChI is InChI=1S/C46H52O16/c1-27-21-41(3,4)25-45(23-27)59-37(51)31(38(52)60-45)15-11-7-9-13-29-33(47)55-43(56-34(29)48)17-19-44(20-18-43)57-35(49)30(36(50)58-44)14-10-8-12-16-32-39(53)61-46(62-40(32)54)24-28(2)22-42(5,6)26-46/h7-16,27-28,47,49H,17-26H2,1-6H3/b11-7+,12-8+,13-9+,14-10+,31-15?,32-16?. The minimum absolute atomic E-state index is 0.0803. The van der Waals surface area contributed by atoms with E-state index in [1.165, 1.54) is 60.8 Å². The average molecular weight is 861 g/mol. The number of carbonyl (C=O) groups excluding carboxylic acids is 6. The van der Waals surface area contributed by atoms with Gasteiger partial charge in [0.2, 0.25) is 0 Å². The first-order chi connectivity index (χ1) is 29.0. The molecule has 3 saturated carbocycles. The van der Waals surface area contributed by atoms with Gasteiger partial charge >= 0.3 is 35.8 Å². The van der Waals surface area contributed by atoms with Crippen molar-refractivity contribution >= 4 is 35.8 Å². The number of hydrogen-bond acceptors (Lipinski definition) is 16. The maximum Gasteiger partial charge on any atom is 0.348 e. The van der Waals surface area contributed by atoms with Crippen LogP contribution in [0.3, 0.4) is 0 Å². The fourth-order valence-electron chi connectivity index (χ4n) is 10.1. The topological polar surface area (TPSA) is 217 Å². The monoisotopic (exact) mass is 860 g/mol. The molecule has 0 aromatic carbocycles. The molecule has 2 N–H and O–H groups in total. The molecule has 16 heteroatoms. The van der Waals surface area contributed by atoms with E-state index in [2.05, 4.69) is 0 Å². The number of ether oxygens (including phenoxy) is 8. The molecule has 0 amide bonds. The molecule has 7 rings (SSSR count). The first-order valence-electron chi connectivity index (χ1n) is 20.8. The van der Waals surface area contributed by atoms with E-state index >= 15 is 0 Å². The fourth-order valence-corrected chi connectivity index (χ4v) is 10.1. The highest BCUT2D eigenvalue weighted by atomic mass is 16.8. The first kappa shape index (κ1) is 44.0. The lowest BCUT2D eigenvalue weighted by Gasteiger charge is -2.47. The van der Waals surface area contributed by atoms with Crippen LogP contribution in [0.1, 0.15) is 106 Å². The van der Waals surface area contributed by atoms with E-state index in [1.807, 2.05) is 41.5 Å². The van der Waals surface area contributed by atoms with Crippen LogP contribution in [0.25, 0.3) is 0 Å². The Morgan fingerprint density at radius 1 is 0.435 bits per heavy atom. The molecular formula is C46H52O16. The summed E-state index contributed by atoms with van der Waals surface area (Å²) in [5.74, 6) is -11.8. The highest BCUT2D eigenvalue weighted by Gasteiger charge is 2.56. The van der Waals surface area contributed by atoms with Crippen molar-refractivity contribution in [3.63, 3.8) is 0 Å². The van der Waals surface area contributed by atoms with Crippen LogP contribution in [-0.4, -0.2) is 69.2 Å². The summed E-state index contributed by atoms with van der Waals surface area (Å²) in [6, 6.07) is 0. The van der Waals surface area contributed by atoms with Gasteiger partial charge in [-0.25, -0.2) is 28.8 Å².